The van der Waals surface area contributed by atoms with E-state index in [4.69, 9.17) is 23.7 Å². The third-order valence-corrected chi connectivity index (χ3v) is 4.21. The van der Waals surface area contributed by atoms with Crippen LogP contribution in [0.25, 0.3) is 0 Å². The van der Waals surface area contributed by atoms with Crippen molar-refractivity contribution >= 4 is 23.6 Å². The van der Waals surface area contributed by atoms with E-state index in [-0.39, 0.29) is 6.42 Å². The van der Waals surface area contributed by atoms with Crippen LogP contribution in [0.2, 0.25) is 0 Å². The molecule has 0 radical (unpaired) electrons. The summed E-state index contributed by atoms with van der Waals surface area (Å²) in [6.45, 7) is 3.96. The predicted octanol–water partition coefficient (Wildman–Crippen LogP) is 2.94. The number of anilines is 1. The number of methoxy groups -OCH3 is 2. The van der Waals surface area contributed by atoms with Crippen molar-refractivity contribution in [2.75, 3.05) is 39.4 Å². The van der Waals surface area contributed by atoms with Crippen LogP contribution in [-0.4, -0.2) is 51.9 Å². The Labute approximate surface area is 192 Å². The van der Waals surface area contributed by atoms with E-state index in [1.807, 2.05) is 13.8 Å². The molecule has 0 bridgehead atoms. The number of carbonyl (C=O) groups excluding carboxylic acids is 3. The number of ether oxygens (including phenoxy) is 5. The smallest absolute Gasteiger partial charge is 0.325 e. The monoisotopic (exact) mass is 460 g/mol. The minimum absolute atomic E-state index is 0.0772. The number of amides is 3. The van der Waals surface area contributed by atoms with Gasteiger partial charge < -0.3 is 29.0 Å². The van der Waals surface area contributed by atoms with Gasteiger partial charge in [0, 0.05) is 11.8 Å². The summed E-state index contributed by atoms with van der Waals surface area (Å²) in [5.74, 6) is 0.602. The molecule has 0 heterocycles. The van der Waals surface area contributed by atoms with Crippen LogP contribution in [0.1, 0.15) is 19.4 Å². The second-order valence-electron chi connectivity index (χ2n) is 6.56. The fraction of sp³-hybridized carbons (Fsp3) is 0.348. The number of imide groups is 1. The largest absolute Gasteiger partial charge is 0.493 e. The molecule has 2 aromatic rings. The standard InChI is InChI=1S/C23H28N2O8/c1-5-31-18-10-8-16(13-20(18)32-6-2)24-23(28)25-21(26)14-33-22(27)12-15-7-9-17(29-3)19(11-15)30-4/h7-11,13H,5-6,12,14H2,1-4H3,(H2,24,25,26,28). The number of urea groups is 1. The average Bonchev–Trinajstić information content (AvgIpc) is 2.79. The number of carbonyl (C=O) groups is 3. The Morgan fingerprint density at radius 2 is 1.48 bits per heavy atom. The lowest BCUT2D eigenvalue weighted by Crippen LogP contribution is -2.37. The lowest BCUT2D eigenvalue weighted by atomic mass is 10.1. The van der Waals surface area contributed by atoms with Gasteiger partial charge in [0.15, 0.2) is 29.6 Å². The van der Waals surface area contributed by atoms with Gasteiger partial charge >= 0.3 is 12.0 Å². The van der Waals surface area contributed by atoms with Gasteiger partial charge in [-0.1, -0.05) is 6.07 Å². The molecule has 0 aromatic heterocycles. The molecule has 0 unspecified atom stereocenters. The molecule has 0 atom stereocenters. The lowest BCUT2D eigenvalue weighted by Gasteiger charge is -2.13. The first kappa shape index (κ1) is 25.3. The number of esters is 1. The zero-order valence-corrected chi connectivity index (χ0v) is 19.1. The van der Waals surface area contributed by atoms with Crippen LogP contribution in [0, 0.1) is 0 Å². The molecule has 2 aromatic carbocycles. The highest BCUT2D eigenvalue weighted by Gasteiger charge is 2.14. The van der Waals surface area contributed by atoms with Crippen LogP contribution in [0.15, 0.2) is 36.4 Å². The molecular formula is C23H28N2O8. The molecule has 178 valence electrons. The quantitative estimate of drug-likeness (QED) is 0.491. The van der Waals surface area contributed by atoms with Crippen LogP contribution < -0.4 is 29.6 Å². The molecule has 2 rings (SSSR count). The van der Waals surface area contributed by atoms with E-state index in [1.165, 1.54) is 14.2 Å². The zero-order chi connectivity index (χ0) is 24.2. The van der Waals surface area contributed by atoms with E-state index >= 15 is 0 Å². The molecular weight excluding hydrogens is 432 g/mol. The minimum atomic E-state index is -0.775. The van der Waals surface area contributed by atoms with Crippen molar-refractivity contribution in [1.82, 2.24) is 5.32 Å². The molecule has 0 aliphatic carbocycles. The van der Waals surface area contributed by atoms with Crippen molar-refractivity contribution in [2.45, 2.75) is 20.3 Å². The first-order valence-corrected chi connectivity index (χ1v) is 10.3. The van der Waals surface area contributed by atoms with Crippen molar-refractivity contribution in [3.05, 3.63) is 42.0 Å². The molecule has 10 nitrogen and oxygen atoms in total. The summed E-state index contributed by atoms with van der Waals surface area (Å²) in [7, 11) is 2.99. The van der Waals surface area contributed by atoms with Crippen LogP contribution in [-0.2, 0) is 20.7 Å². The molecule has 3 amide bonds. The number of hydrogen-bond acceptors (Lipinski definition) is 8. The van der Waals surface area contributed by atoms with Gasteiger partial charge in [-0.05, 0) is 43.7 Å². The summed E-state index contributed by atoms with van der Waals surface area (Å²) < 4.78 is 26.2. The minimum Gasteiger partial charge on any atom is -0.493 e. The Hall–Kier alpha value is -3.95. The number of nitrogens with one attached hydrogen (secondary N) is 2. The van der Waals surface area contributed by atoms with Crippen LogP contribution in [0.5, 0.6) is 23.0 Å². The Bertz CT molecular complexity index is 977. The highest BCUT2D eigenvalue weighted by Crippen LogP contribution is 2.30. The molecule has 10 heteroatoms. The fourth-order valence-electron chi connectivity index (χ4n) is 2.81. The highest BCUT2D eigenvalue weighted by molar-refractivity contribution is 6.02. The Kier molecular flexibility index (Phi) is 9.81. The van der Waals surface area contributed by atoms with Crippen LogP contribution >= 0.6 is 0 Å². The van der Waals surface area contributed by atoms with Crippen molar-refractivity contribution in [2.24, 2.45) is 0 Å². The van der Waals surface area contributed by atoms with Gasteiger partial charge in [-0.2, -0.15) is 0 Å². The molecule has 33 heavy (non-hydrogen) atoms. The van der Waals surface area contributed by atoms with E-state index in [0.717, 1.165) is 0 Å². The summed E-state index contributed by atoms with van der Waals surface area (Å²) in [6, 6.07) is 9.06. The highest BCUT2D eigenvalue weighted by atomic mass is 16.5. The second-order valence-corrected chi connectivity index (χ2v) is 6.56. The van der Waals surface area contributed by atoms with Crippen molar-refractivity contribution < 1.29 is 38.1 Å². The fourth-order valence-corrected chi connectivity index (χ4v) is 2.81. The first-order chi connectivity index (χ1) is 15.9. The predicted molar refractivity (Wildman–Crippen MR) is 120 cm³/mol. The van der Waals surface area contributed by atoms with Gasteiger partial charge in [0.2, 0.25) is 0 Å². The lowest BCUT2D eigenvalue weighted by molar-refractivity contribution is -0.147. The van der Waals surface area contributed by atoms with Crippen molar-refractivity contribution in [3.8, 4) is 23.0 Å². The van der Waals surface area contributed by atoms with Crippen LogP contribution in [0.3, 0.4) is 0 Å². The summed E-state index contributed by atoms with van der Waals surface area (Å²) in [5.41, 5.74) is 1.02. The van der Waals surface area contributed by atoms with Gasteiger partial charge in [-0.25, -0.2) is 4.79 Å². The van der Waals surface area contributed by atoms with Gasteiger partial charge in [-0.3, -0.25) is 14.9 Å². The number of benzene rings is 2. The van der Waals surface area contributed by atoms with Gasteiger partial charge in [0.1, 0.15) is 0 Å². The zero-order valence-electron chi connectivity index (χ0n) is 19.1. The van der Waals surface area contributed by atoms with E-state index < -0.39 is 24.5 Å². The van der Waals surface area contributed by atoms with Gasteiger partial charge in [0.05, 0.1) is 33.9 Å². The molecule has 2 N–H and O–H groups in total. The second kappa shape index (κ2) is 12.8. The summed E-state index contributed by atoms with van der Waals surface area (Å²) in [5, 5.41) is 4.62. The van der Waals surface area contributed by atoms with Crippen molar-refractivity contribution in [3.63, 3.8) is 0 Å². The van der Waals surface area contributed by atoms with E-state index in [2.05, 4.69) is 10.6 Å². The Balaban J connectivity index is 1.84. The van der Waals surface area contributed by atoms with E-state index in [1.54, 1.807) is 36.4 Å². The summed E-state index contributed by atoms with van der Waals surface area (Å²) in [4.78, 5) is 36.1. The third-order valence-electron chi connectivity index (χ3n) is 4.21. The normalized spacial score (nSPS) is 10.1. The maximum absolute atomic E-state index is 12.1. The number of hydrogen-bond donors (Lipinski definition) is 2. The first-order valence-electron chi connectivity index (χ1n) is 10.3. The molecule has 0 fully saturated rings. The van der Waals surface area contributed by atoms with E-state index in [9.17, 15) is 14.4 Å². The Morgan fingerprint density at radius 1 is 0.818 bits per heavy atom. The molecule has 0 spiro atoms. The maximum Gasteiger partial charge on any atom is 0.325 e. The number of rotatable bonds is 11. The SMILES string of the molecule is CCOc1ccc(NC(=O)NC(=O)COC(=O)Cc2ccc(OC)c(OC)c2)cc1OCC. The van der Waals surface area contributed by atoms with E-state index in [0.29, 0.717) is 47.5 Å². The van der Waals surface area contributed by atoms with Gasteiger partial charge in [-0.15, -0.1) is 0 Å². The summed E-state index contributed by atoms with van der Waals surface area (Å²) in [6.07, 6.45) is -0.0772. The summed E-state index contributed by atoms with van der Waals surface area (Å²) >= 11 is 0. The topological polar surface area (TPSA) is 121 Å². The van der Waals surface area contributed by atoms with Crippen molar-refractivity contribution in [1.29, 1.82) is 0 Å². The Morgan fingerprint density at radius 3 is 2.15 bits per heavy atom. The van der Waals surface area contributed by atoms with Gasteiger partial charge in [0.25, 0.3) is 5.91 Å². The molecule has 0 saturated heterocycles. The maximum atomic E-state index is 12.1. The van der Waals surface area contributed by atoms with Crippen LogP contribution in [0.4, 0.5) is 10.5 Å². The average molecular weight is 460 g/mol. The molecule has 0 aliphatic heterocycles. The molecule has 0 saturated carbocycles. The third kappa shape index (κ3) is 7.91. The molecule has 0 aliphatic rings.